The van der Waals surface area contributed by atoms with E-state index in [-0.39, 0.29) is 11.9 Å². The Kier molecular flexibility index (Phi) is 5.34. The van der Waals surface area contributed by atoms with E-state index in [2.05, 4.69) is 20.5 Å². The van der Waals surface area contributed by atoms with Crippen LogP contribution in [0.3, 0.4) is 0 Å². The Balaban J connectivity index is 1.22. The van der Waals surface area contributed by atoms with Crippen LogP contribution in [0.15, 0.2) is 60.2 Å². The number of hydrogen-bond donors (Lipinski definition) is 0. The number of carbonyl (C=O) groups excluding carboxylic acids is 1. The van der Waals surface area contributed by atoms with Gasteiger partial charge < -0.3 is 9.80 Å². The first-order valence-electron chi connectivity index (χ1n) is 11.3. The zero-order chi connectivity index (χ0) is 23.2. The normalized spacial score (nSPS) is 19.6. The summed E-state index contributed by atoms with van der Waals surface area (Å²) in [6.07, 6.45) is 4.25. The number of hydrogen-bond acceptors (Lipinski definition) is 6. The van der Waals surface area contributed by atoms with Crippen molar-refractivity contribution in [2.75, 3.05) is 24.5 Å². The lowest BCUT2D eigenvalue weighted by molar-refractivity contribution is 0.0592. The van der Waals surface area contributed by atoms with Gasteiger partial charge in [0.25, 0.3) is 5.91 Å². The number of thiazole rings is 1. The molecule has 2 aromatic heterocycles. The average Bonchev–Trinajstić information content (AvgIpc) is 3.52. The van der Waals surface area contributed by atoms with Crippen LogP contribution < -0.4 is 4.90 Å². The van der Waals surface area contributed by atoms with Crippen molar-refractivity contribution < 1.29 is 4.79 Å². The number of amides is 1. The summed E-state index contributed by atoms with van der Waals surface area (Å²) >= 11 is 7.81. The van der Waals surface area contributed by atoms with Crippen molar-refractivity contribution in [3.8, 4) is 16.9 Å². The van der Waals surface area contributed by atoms with Gasteiger partial charge in [0.15, 0.2) is 5.13 Å². The summed E-state index contributed by atoms with van der Waals surface area (Å²) in [5.41, 5.74) is 4.34. The molecule has 6 rings (SSSR count). The largest absolute Gasteiger partial charge is 0.343 e. The molecule has 2 unspecified atom stereocenters. The lowest BCUT2D eigenvalue weighted by Crippen LogP contribution is -2.65. The highest BCUT2D eigenvalue weighted by molar-refractivity contribution is 7.14. The molecule has 4 heterocycles. The third-order valence-corrected chi connectivity index (χ3v) is 7.83. The van der Waals surface area contributed by atoms with Crippen LogP contribution in [-0.2, 0) is 0 Å². The summed E-state index contributed by atoms with van der Waals surface area (Å²) in [5, 5.41) is 12.3. The fourth-order valence-corrected chi connectivity index (χ4v) is 5.98. The van der Waals surface area contributed by atoms with Gasteiger partial charge in [-0.3, -0.25) is 4.79 Å². The number of nitrogens with zero attached hydrogens (tertiary/aromatic N) is 6. The van der Waals surface area contributed by atoms with Crippen molar-refractivity contribution in [1.29, 1.82) is 0 Å². The molecule has 7 nitrogen and oxygen atoms in total. The van der Waals surface area contributed by atoms with Crippen LogP contribution in [0.5, 0.6) is 0 Å². The van der Waals surface area contributed by atoms with Crippen LogP contribution in [0.25, 0.3) is 16.9 Å². The maximum atomic E-state index is 13.6. The van der Waals surface area contributed by atoms with E-state index >= 15 is 0 Å². The van der Waals surface area contributed by atoms with Gasteiger partial charge in [0, 0.05) is 41.5 Å². The number of halogens is 1. The van der Waals surface area contributed by atoms with Crippen LogP contribution in [-0.4, -0.2) is 56.5 Å². The molecule has 34 heavy (non-hydrogen) atoms. The maximum Gasteiger partial charge on any atom is 0.256 e. The molecule has 0 radical (unpaired) electrons. The van der Waals surface area contributed by atoms with Gasteiger partial charge in [0.05, 0.1) is 35.4 Å². The quantitative estimate of drug-likeness (QED) is 0.414. The lowest BCUT2D eigenvalue weighted by atomic mass is 9.82. The number of benzene rings is 2. The Hall–Kier alpha value is -3.23. The van der Waals surface area contributed by atoms with Gasteiger partial charge in [-0.2, -0.15) is 15.0 Å². The van der Waals surface area contributed by atoms with E-state index in [4.69, 9.17) is 16.6 Å². The van der Waals surface area contributed by atoms with Crippen molar-refractivity contribution >= 4 is 34.0 Å². The predicted octanol–water partition coefficient (Wildman–Crippen LogP) is 4.70. The van der Waals surface area contributed by atoms with E-state index in [0.717, 1.165) is 41.5 Å². The summed E-state index contributed by atoms with van der Waals surface area (Å²) < 4.78 is 0. The predicted molar refractivity (Wildman–Crippen MR) is 134 cm³/mol. The summed E-state index contributed by atoms with van der Waals surface area (Å²) in [4.78, 5) is 24.3. The van der Waals surface area contributed by atoms with E-state index in [0.29, 0.717) is 28.7 Å². The molecule has 1 amide bonds. The summed E-state index contributed by atoms with van der Waals surface area (Å²) in [6.45, 7) is 4.44. The molecule has 4 aromatic rings. The Bertz CT molecular complexity index is 1350. The second-order valence-electron chi connectivity index (χ2n) is 8.88. The highest BCUT2D eigenvalue weighted by atomic mass is 35.5. The van der Waals surface area contributed by atoms with Gasteiger partial charge in [0.1, 0.15) is 0 Å². The molecule has 2 aliphatic rings. The molecule has 0 saturated carbocycles. The van der Waals surface area contributed by atoms with Crippen LogP contribution in [0.4, 0.5) is 5.13 Å². The smallest absolute Gasteiger partial charge is 0.256 e. The minimum absolute atomic E-state index is 0.0278. The monoisotopic (exact) mass is 490 g/mol. The maximum absolute atomic E-state index is 13.6. The molecule has 2 fully saturated rings. The first kappa shape index (κ1) is 21.3. The standard InChI is InChI=1S/C25H23ClN6OS/c1-16-5-6-22(32-27-8-9-28-32)20(11-16)24(33)30-10-7-18-13-31(23(18)14-30)25-29-21(15-34-25)17-3-2-4-19(26)12-17/h2-6,8-9,11-12,15,18,23H,7,10,13-14H2,1H3. The third-order valence-electron chi connectivity index (χ3n) is 6.71. The van der Waals surface area contributed by atoms with Crippen molar-refractivity contribution in [3.63, 3.8) is 0 Å². The van der Waals surface area contributed by atoms with Crippen LogP contribution in [0, 0.1) is 12.8 Å². The molecule has 2 aliphatic heterocycles. The number of likely N-dealkylation sites (tertiary alicyclic amines) is 1. The topological polar surface area (TPSA) is 67.2 Å². The number of fused-ring (bicyclic) bond motifs is 1. The number of anilines is 1. The van der Waals surface area contributed by atoms with Crippen molar-refractivity contribution in [3.05, 3.63) is 76.4 Å². The van der Waals surface area contributed by atoms with Crippen LogP contribution in [0.1, 0.15) is 22.3 Å². The van der Waals surface area contributed by atoms with E-state index in [1.807, 2.05) is 54.3 Å². The van der Waals surface area contributed by atoms with Crippen molar-refractivity contribution in [2.24, 2.45) is 5.92 Å². The van der Waals surface area contributed by atoms with Crippen LogP contribution >= 0.6 is 22.9 Å². The second-order valence-corrected chi connectivity index (χ2v) is 10.2. The first-order chi connectivity index (χ1) is 16.6. The molecule has 2 atom stereocenters. The SMILES string of the molecule is Cc1ccc(-n2nccn2)c(C(=O)N2CCC3CN(c4nc(-c5cccc(Cl)c5)cs4)C3C2)c1. The molecule has 9 heteroatoms. The van der Waals surface area contributed by atoms with E-state index in [1.54, 1.807) is 23.7 Å². The van der Waals surface area contributed by atoms with Gasteiger partial charge in [0.2, 0.25) is 0 Å². The summed E-state index contributed by atoms with van der Waals surface area (Å²) in [7, 11) is 0. The Morgan fingerprint density at radius 3 is 2.79 bits per heavy atom. The van der Waals surface area contributed by atoms with Gasteiger partial charge in [-0.1, -0.05) is 35.4 Å². The fraction of sp³-hybridized carbons (Fsp3) is 0.280. The number of piperidine rings is 1. The van der Waals surface area contributed by atoms with Gasteiger partial charge in [-0.25, -0.2) is 4.98 Å². The Morgan fingerprint density at radius 1 is 1.12 bits per heavy atom. The minimum Gasteiger partial charge on any atom is -0.343 e. The molecular weight excluding hydrogens is 468 g/mol. The molecule has 0 aliphatic carbocycles. The van der Waals surface area contributed by atoms with Crippen molar-refractivity contribution in [1.82, 2.24) is 24.9 Å². The highest BCUT2D eigenvalue weighted by Gasteiger charge is 2.45. The van der Waals surface area contributed by atoms with Crippen molar-refractivity contribution in [2.45, 2.75) is 19.4 Å². The van der Waals surface area contributed by atoms with E-state index in [1.165, 1.54) is 4.80 Å². The second kappa shape index (κ2) is 8.52. The Labute approximate surface area is 206 Å². The summed E-state index contributed by atoms with van der Waals surface area (Å²) in [5.74, 6) is 0.618. The molecular formula is C25H23ClN6OS. The van der Waals surface area contributed by atoms with E-state index in [9.17, 15) is 4.79 Å². The summed E-state index contributed by atoms with van der Waals surface area (Å²) in [6, 6.07) is 13.9. The fourth-order valence-electron chi connectivity index (χ4n) is 4.88. The molecule has 0 bridgehead atoms. The molecule has 2 aromatic carbocycles. The molecule has 172 valence electrons. The number of rotatable bonds is 4. The lowest BCUT2D eigenvalue weighted by Gasteiger charge is -2.53. The molecule has 2 saturated heterocycles. The molecule has 0 spiro atoms. The highest BCUT2D eigenvalue weighted by Crippen LogP contribution is 2.39. The Morgan fingerprint density at radius 2 is 1.97 bits per heavy atom. The number of aromatic nitrogens is 4. The van der Waals surface area contributed by atoms with Gasteiger partial charge in [-0.15, -0.1) is 11.3 Å². The number of carbonyl (C=O) groups is 1. The van der Waals surface area contributed by atoms with E-state index < -0.39 is 0 Å². The third kappa shape index (κ3) is 3.76. The number of aryl methyl sites for hydroxylation is 1. The average molecular weight is 491 g/mol. The van der Waals surface area contributed by atoms with Crippen LogP contribution in [0.2, 0.25) is 5.02 Å². The zero-order valence-corrected chi connectivity index (χ0v) is 20.2. The van der Waals surface area contributed by atoms with Gasteiger partial charge >= 0.3 is 0 Å². The molecule has 0 N–H and O–H groups in total. The first-order valence-corrected chi connectivity index (χ1v) is 12.6. The van der Waals surface area contributed by atoms with Gasteiger partial charge in [-0.05, 0) is 37.6 Å². The minimum atomic E-state index is 0.0278. The zero-order valence-electron chi connectivity index (χ0n) is 18.6.